The minimum Gasteiger partial charge on any atom is -1.00 e. The fourth-order valence-electron chi connectivity index (χ4n) is 2.47. The molecular weight excluding hydrogens is 715 g/mol. The average Bonchev–Trinajstić information content (AvgIpc) is 3.41. The van der Waals surface area contributed by atoms with Gasteiger partial charge in [0, 0.05) is 47.2 Å². The van der Waals surface area contributed by atoms with Crippen LogP contribution in [0.15, 0.2) is 32.4 Å². The van der Waals surface area contributed by atoms with Gasteiger partial charge in [-0.2, -0.15) is 5.10 Å². The van der Waals surface area contributed by atoms with Crippen molar-refractivity contribution >= 4 is 67.1 Å². The zero-order valence-electron chi connectivity index (χ0n) is 18.9. The van der Waals surface area contributed by atoms with Gasteiger partial charge in [-0.1, -0.05) is 30.0 Å². The van der Waals surface area contributed by atoms with Crippen LogP contribution >= 0.6 is 54.5 Å². The second kappa shape index (κ2) is 27.0. The Bertz CT molecular complexity index is 634. The van der Waals surface area contributed by atoms with Gasteiger partial charge in [-0.05, 0) is 63.6 Å². The van der Waals surface area contributed by atoms with Crippen molar-refractivity contribution in [3.8, 4) is 0 Å². The second-order valence-electron chi connectivity index (χ2n) is 6.04. The van der Waals surface area contributed by atoms with Crippen molar-refractivity contribution in [2.45, 2.75) is 43.1 Å². The van der Waals surface area contributed by atoms with Crippen LogP contribution < -0.4 is 108 Å². The normalized spacial score (nSPS) is 17.1. The minimum absolute atomic E-state index is 0. The maximum absolute atomic E-state index is 8.64. The van der Waals surface area contributed by atoms with E-state index in [9.17, 15) is 0 Å². The number of rotatable bonds is 2. The van der Waals surface area contributed by atoms with E-state index in [4.69, 9.17) is 19.5 Å². The molecule has 2 fully saturated rings. The summed E-state index contributed by atoms with van der Waals surface area (Å²) in [7, 11) is 0. The molecule has 3 aliphatic heterocycles. The number of allylic oxidation sites excluding steroid dienone is 1. The van der Waals surface area contributed by atoms with Gasteiger partial charge in [0.1, 0.15) is 0 Å². The van der Waals surface area contributed by atoms with Gasteiger partial charge in [0.05, 0.1) is 23.3 Å². The number of hydrogen-bond acceptors (Lipinski definition) is 7. The maximum atomic E-state index is 8.64. The fraction of sp³-hybridized carbons (Fsp3) is 0.632. The molecule has 1 aromatic heterocycles. The van der Waals surface area contributed by atoms with Crippen LogP contribution in [0.5, 0.6) is 0 Å². The maximum Gasteiger partial charge on any atom is 1.00 e. The first-order valence-electron chi connectivity index (χ1n) is 9.13. The van der Waals surface area contributed by atoms with Crippen molar-refractivity contribution in [3.05, 3.63) is 27.4 Å². The van der Waals surface area contributed by atoms with E-state index < -0.39 is 0 Å². The van der Waals surface area contributed by atoms with Crippen molar-refractivity contribution < 1.29 is 129 Å². The molecule has 0 unspecified atom stereocenters. The SMILES string of the molecule is BrC1=CCN=C1.Brc1cnn(C2CCOCC2)c1.C.IC1CCOCC1.O=CO[O-].[H-].[K+].[K+]. The van der Waals surface area contributed by atoms with Crippen molar-refractivity contribution in [2.75, 3.05) is 33.0 Å². The standard InChI is InChI=1S/C8H11BrN2O.C5H9IO.C4H4BrN.CH2O3.CH4.2K.H/c9-7-5-10-11(6-7)8-1-3-12-4-2-8;6-5-1-3-7-4-2-5;5-4-1-2-6-3-4;2-1-4-3;;;;/h5-6,8H,1-4H2;5H,1-4H2;1,3H,2H2;1,3H;1H4;;;/q;;;;;2*+1;-1/p-1. The van der Waals surface area contributed by atoms with Crippen LogP contribution in [0.25, 0.3) is 0 Å². The molecule has 0 aliphatic carbocycles. The number of halogens is 3. The van der Waals surface area contributed by atoms with Crippen LogP contribution in [0.2, 0.25) is 0 Å². The molecule has 0 amide bonds. The van der Waals surface area contributed by atoms with Crippen LogP contribution in [-0.4, -0.2) is 59.4 Å². The molecule has 4 rings (SSSR count). The van der Waals surface area contributed by atoms with Crippen molar-refractivity contribution in [2.24, 2.45) is 4.99 Å². The molecule has 0 N–H and O–H groups in total. The molecule has 174 valence electrons. The van der Waals surface area contributed by atoms with Gasteiger partial charge in [0.25, 0.3) is 6.47 Å². The van der Waals surface area contributed by atoms with Crippen molar-refractivity contribution in [1.82, 2.24) is 9.78 Å². The fourth-order valence-corrected chi connectivity index (χ4v) is 3.57. The molecule has 1 aromatic rings. The quantitative estimate of drug-likeness (QED) is 0.0881. The van der Waals surface area contributed by atoms with E-state index in [0.717, 1.165) is 58.7 Å². The van der Waals surface area contributed by atoms with Gasteiger partial charge in [-0.3, -0.25) is 14.5 Å². The van der Waals surface area contributed by atoms with Gasteiger partial charge < -0.3 is 21.0 Å². The number of ether oxygens (including phenoxy) is 2. The monoisotopic (exact) mass is 743 g/mol. The largest absolute Gasteiger partial charge is 1.00 e. The molecule has 0 radical (unpaired) electrons. The van der Waals surface area contributed by atoms with Gasteiger partial charge in [-0.15, -0.1) is 0 Å². The summed E-state index contributed by atoms with van der Waals surface area (Å²) >= 11 is 9.11. The first kappa shape index (κ1) is 39.4. The van der Waals surface area contributed by atoms with Crippen LogP contribution in [-0.2, 0) is 19.2 Å². The van der Waals surface area contributed by atoms with Gasteiger partial charge in [0.2, 0.25) is 0 Å². The van der Waals surface area contributed by atoms with E-state index in [0.29, 0.717) is 6.04 Å². The van der Waals surface area contributed by atoms with Crippen molar-refractivity contribution in [1.29, 1.82) is 0 Å². The molecule has 32 heavy (non-hydrogen) atoms. The topological polar surface area (TPSA) is 98.0 Å². The summed E-state index contributed by atoms with van der Waals surface area (Å²) in [5.41, 5.74) is 0. The number of aromatic nitrogens is 2. The van der Waals surface area contributed by atoms with Gasteiger partial charge in [-0.25, -0.2) is 0 Å². The molecular formula is C19H30Br2IK2N3O5. The summed E-state index contributed by atoms with van der Waals surface area (Å²) in [4.78, 5) is 15.1. The number of carbonyl (C=O) groups excluding carboxylic acids is 1. The Balaban J connectivity index is -0.000000176. The third-order valence-electron chi connectivity index (χ3n) is 3.93. The van der Waals surface area contributed by atoms with Gasteiger partial charge in [0.15, 0.2) is 0 Å². The smallest absolute Gasteiger partial charge is 1.00 e. The third-order valence-corrected chi connectivity index (χ3v) is 6.12. The van der Waals surface area contributed by atoms with E-state index in [2.05, 4.69) is 69.4 Å². The summed E-state index contributed by atoms with van der Waals surface area (Å²) in [6, 6.07) is 0.532. The zero-order chi connectivity index (χ0) is 21.3. The van der Waals surface area contributed by atoms with Crippen LogP contribution in [0.3, 0.4) is 0 Å². The Morgan fingerprint density at radius 1 is 1.16 bits per heavy atom. The Morgan fingerprint density at radius 3 is 1.97 bits per heavy atom. The molecule has 8 nitrogen and oxygen atoms in total. The minimum atomic E-state index is -0.181. The first-order valence-corrected chi connectivity index (χ1v) is 12.0. The van der Waals surface area contributed by atoms with Crippen LogP contribution in [0.4, 0.5) is 0 Å². The van der Waals surface area contributed by atoms with E-state index >= 15 is 0 Å². The molecule has 0 saturated carbocycles. The van der Waals surface area contributed by atoms with Crippen LogP contribution in [0.1, 0.15) is 40.6 Å². The molecule has 0 bridgehead atoms. The Morgan fingerprint density at radius 2 is 1.69 bits per heavy atom. The Kier molecular flexibility index (Phi) is 33.3. The van der Waals surface area contributed by atoms with E-state index in [1.807, 2.05) is 23.2 Å². The Hall–Kier alpha value is 2.93. The summed E-state index contributed by atoms with van der Waals surface area (Å²) < 4.78 is 15.5. The zero-order valence-corrected chi connectivity index (χ0v) is 29.5. The number of carbonyl (C=O) groups is 1. The summed E-state index contributed by atoms with van der Waals surface area (Å²) in [6.07, 6.45) is 12.3. The summed E-state index contributed by atoms with van der Waals surface area (Å²) in [6.45, 7) is 4.35. The van der Waals surface area contributed by atoms with Crippen LogP contribution in [0, 0.1) is 0 Å². The molecule has 0 aromatic carbocycles. The molecule has 0 atom stereocenters. The molecule has 3 aliphatic rings. The predicted octanol–water partition coefficient (Wildman–Crippen LogP) is -1.86. The van der Waals surface area contributed by atoms with E-state index in [1.165, 1.54) is 12.8 Å². The van der Waals surface area contributed by atoms with Gasteiger partial charge >= 0.3 is 103 Å². The predicted molar refractivity (Wildman–Crippen MR) is 132 cm³/mol. The van der Waals surface area contributed by atoms with E-state index in [1.54, 1.807) is 6.21 Å². The molecule has 2 saturated heterocycles. The summed E-state index contributed by atoms with van der Waals surface area (Å²) in [5, 5.41) is 12.7. The number of aliphatic imine (C=N–C) groups is 1. The molecule has 13 heteroatoms. The first-order chi connectivity index (χ1) is 14.1. The molecule has 0 spiro atoms. The third kappa shape index (κ3) is 21.1. The van der Waals surface area contributed by atoms with Crippen molar-refractivity contribution in [3.63, 3.8) is 0 Å². The Labute approximate surface area is 308 Å². The average molecular weight is 745 g/mol. The number of hydrogen-bond donors (Lipinski definition) is 0. The second-order valence-corrected chi connectivity index (χ2v) is 9.64. The number of nitrogens with zero attached hydrogens (tertiary/aromatic N) is 3. The number of alkyl halides is 1. The molecule has 4 heterocycles. The summed E-state index contributed by atoms with van der Waals surface area (Å²) in [5.74, 6) is 0. The van der Waals surface area contributed by atoms with E-state index in [-0.39, 0.29) is 118 Å².